The fourth-order valence-corrected chi connectivity index (χ4v) is 0.927. The Labute approximate surface area is 81.6 Å². The van der Waals surface area contributed by atoms with E-state index >= 15 is 0 Å². The van der Waals surface area contributed by atoms with E-state index in [9.17, 15) is 4.79 Å². The van der Waals surface area contributed by atoms with Gasteiger partial charge in [-0.1, -0.05) is 0 Å². The first-order valence-corrected chi connectivity index (χ1v) is 4.24. The predicted molar refractivity (Wildman–Crippen MR) is 48.0 cm³/mol. The van der Waals surface area contributed by atoms with Crippen molar-refractivity contribution < 1.29 is 4.79 Å². The number of nitriles is 1. The maximum absolute atomic E-state index is 11.4. The van der Waals surface area contributed by atoms with E-state index in [0.29, 0.717) is 13.0 Å². The van der Waals surface area contributed by atoms with Crippen LogP contribution in [0.5, 0.6) is 0 Å². The molecule has 1 amide bonds. The summed E-state index contributed by atoms with van der Waals surface area (Å²) in [6.07, 6.45) is 3.17. The van der Waals surface area contributed by atoms with Crippen LogP contribution in [0.3, 0.4) is 0 Å². The molecule has 1 atom stereocenters. The lowest BCUT2D eigenvalue weighted by Crippen LogP contribution is -2.31. The number of nitrogens with one attached hydrogen (secondary N) is 1. The summed E-state index contributed by atoms with van der Waals surface area (Å²) >= 11 is 0. The highest BCUT2D eigenvalue weighted by Gasteiger charge is 2.13. The first kappa shape index (κ1) is 10.2. The summed E-state index contributed by atoms with van der Waals surface area (Å²) in [7, 11) is 0. The average Bonchev–Trinajstić information content (AvgIpc) is 2.69. The first-order valence-electron chi connectivity index (χ1n) is 4.24. The number of carbonyl (C=O) groups excluding carboxylic acids is 1. The summed E-state index contributed by atoms with van der Waals surface area (Å²) in [5.74, 6) is -0.161. The maximum atomic E-state index is 11.4. The molecule has 6 heteroatoms. The summed E-state index contributed by atoms with van der Waals surface area (Å²) < 4.78 is 1.46. The van der Waals surface area contributed by atoms with E-state index < -0.39 is 6.04 Å². The van der Waals surface area contributed by atoms with Gasteiger partial charge in [0.1, 0.15) is 18.7 Å². The van der Waals surface area contributed by atoms with Crippen molar-refractivity contribution in [3.8, 4) is 6.07 Å². The Morgan fingerprint density at radius 3 is 3.14 bits per heavy atom. The van der Waals surface area contributed by atoms with Crippen molar-refractivity contribution in [3.05, 3.63) is 12.7 Å². The normalized spacial score (nSPS) is 11.7. The molecule has 1 unspecified atom stereocenters. The number of hydrogen-bond donors (Lipinski definition) is 1. The van der Waals surface area contributed by atoms with Gasteiger partial charge in [0.15, 0.2) is 0 Å². The van der Waals surface area contributed by atoms with Crippen LogP contribution in [0.4, 0.5) is 0 Å². The zero-order valence-corrected chi connectivity index (χ0v) is 7.84. The molecule has 0 aliphatic rings. The Morgan fingerprint density at radius 2 is 2.57 bits per heavy atom. The van der Waals surface area contributed by atoms with Gasteiger partial charge in [0, 0.05) is 6.54 Å². The van der Waals surface area contributed by atoms with Crippen LogP contribution in [0.15, 0.2) is 12.7 Å². The van der Waals surface area contributed by atoms with Crippen molar-refractivity contribution >= 4 is 5.91 Å². The predicted octanol–water partition coefficient (Wildman–Crippen LogP) is -0.131. The molecular formula is C8H11N5O. The molecule has 1 aromatic rings. The highest BCUT2D eigenvalue weighted by molar-refractivity contribution is 5.79. The number of aromatic nitrogens is 3. The number of rotatable bonds is 4. The molecule has 1 rings (SSSR count). The first-order chi connectivity index (χ1) is 6.75. The molecule has 0 saturated heterocycles. The number of amides is 1. The van der Waals surface area contributed by atoms with Gasteiger partial charge in [0.2, 0.25) is 5.91 Å². The van der Waals surface area contributed by atoms with Crippen LogP contribution in [0.1, 0.15) is 19.4 Å². The minimum absolute atomic E-state index is 0.161. The molecule has 74 valence electrons. The molecule has 14 heavy (non-hydrogen) atoms. The van der Waals surface area contributed by atoms with Crippen LogP contribution < -0.4 is 5.32 Å². The van der Waals surface area contributed by atoms with Crippen LogP contribution in [0.2, 0.25) is 0 Å². The minimum atomic E-state index is -0.392. The second kappa shape index (κ2) is 4.97. The molecule has 1 aromatic heterocycles. The summed E-state index contributed by atoms with van der Waals surface area (Å²) in [5, 5.41) is 14.7. The quantitative estimate of drug-likeness (QED) is 0.675. The average molecular weight is 193 g/mol. The molecule has 0 aromatic carbocycles. The lowest BCUT2D eigenvalue weighted by atomic mass is 10.3. The Bertz CT molecular complexity index is 326. The fraction of sp³-hybridized carbons (Fsp3) is 0.500. The van der Waals surface area contributed by atoms with Gasteiger partial charge in [0.05, 0.1) is 12.5 Å². The van der Waals surface area contributed by atoms with Gasteiger partial charge < -0.3 is 5.32 Å². The van der Waals surface area contributed by atoms with Crippen molar-refractivity contribution in [2.24, 2.45) is 0 Å². The molecule has 0 aliphatic heterocycles. The van der Waals surface area contributed by atoms with Crippen molar-refractivity contribution in [1.82, 2.24) is 20.1 Å². The molecule has 0 spiro atoms. The zero-order valence-electron chi connectivity index (χ0n) is 7.84. The van der Waals surface area contributed by atoms with Crippen LogP contribution in [0.25, 0.3) is 0 Å². The summed E-state index contributed by atoms with van der Waals surface area (Å²) in [6, 6.07) is 1.55. The molecule has 1 N–H and O–H groups in total. The van der Waals surface area contributed by atoms with Crippen molar-refractivity contribution in [1.29, 1.82) is 5.26 Å². The third-order valence-corrected chi connectivity index (χ3v) is 1.75. The summed E-state index contributed by atoms with van der Waals surface area (Å²) in [4.78, 5) is 15.1. The highest BCUT2D eigenvalue weighted by Crippen LogP contribution is 2.00. The lowest BCUT2D eigenvalue weighted by molar-refractivity contribution is -0.124. The third kappa shape index (κ3) is 2.55. The van der Waals surface area contributed by atoms with Gasteiger partial charge in [-0.2, -0.15) is 10.4 Å². The van der Waals surface area contributed by atoms with E-state index in [1.807, 2.05) is 6.07 Å². The largest absolute Gasteiger partial charge is 0.353 e. The monoisotopic (exact) mass is 193 g/mol. The van der Waals surface area contributed by atoms with Crippen LogP contribution in [0, 0.1) is 11.3 Å². The molecule has 0 saturated carbocycles. The third-order valence-electron chi connectivity index (χ3n) is 1.75. The second-order valence-electron chi connectivity index (χ2n) is 2.75. The van der Waals surface area contributed by atoms with Crippen LogP contribution >= 0.6 is 0 Å². The van der Waals surface area contributed by atoms with E-state index in [2.05, 4.69) is 15.4 Å². The van der Waals surface area contributed by atoms with Gasteiger partial charge in [-0.05, 0) is 6.92 Å². The molecule has 6 nitrogen and oxygen atoms in total. The summed E-state index contributed by atoms with van der Waals surface area (Å²) in [6.45, 7) is 2.09. The Morgan fingerprint density at radius 1 is 1.79 bits per heavy atom. The second-order valence-corrected chi connectivity index (χ2v) is 2.75. The standard InChI is InChI=1S/C8H11N5O/c1-7(13-6-10-5-12-13)8(14)11-4-2-3-9/h5-7H,2,4H2,1H3,(H,11,14). The van der Waals surface area contributed by atoms with Crippen LogP contribution in [-0.2, 0) is 4.79 Å². The van der Waals surface area contributed by atoms with E-state index in [1.165, 1.54) is 17.3 Å². The maximum Gasteiger partial charge on any atom is 0.244 e. The zero-order chi connectivity index (χ0) is 10.4. The summed E-state index contributed by atoms with van der Waals surface area (Å²) in [5.41, 5.74) is 0. The van der Waals surface area contributed by atoms with Gasteiger partial charge in [-0.3, -0.25) is 4.79 Å². The van der Waals surface area contributed by atoms with Gasteiger partial charge in [-0.15, -0.1) is 0 Å². The van der Waals surface area contributed by atoms with E-state index in [-0.39, 0.29) is 5.91 Å². The van der Waals surface area contributed by atoms with Gasteiger partial charge in [-0.25, -0.2) is 9.67 Å². The molecule has 1 heterocycles. The molecule has 0 bridgehead atoms. The Hall–Kier alpha value is -1.90. The smallest absolute Gasteiger partial charge is 0.244 e. The van der Waals surface area contributed by atoms with E-state index in [4.69, 9.17) is 5.26 Å². The Kier molecular flexibility index (Phi) is 3.61. The fourth-order valence-electron chi connectivity index (χ4n) is 0.927. The van der Waals surface area contributed by atoms with Crippen LogP contribution in [-0.4, -0.2) is 27.2 Å². The molecule has 0 aliphatic carbocycles. The highest BCUT2D eigenvalue weighted by atomic mass is 16.2. The topological polar surface area (TPSA) is 83.6 Å². The SMILES string of the molecule is CC(C(=O)NCCC#N)n1cncn1. The van der Waals surface area contributed by atoms with Crippen molar-refractivity contribution in [2.75, 3.05) is 6.54 Å². The number of carbonyl (C=O) groups is 1. The number of hydrogen-bond acceptors (Lipinski definition) is 4. The van der Waals surface area contributed by atoms with E-state index in [1.54, 1.807) is 6.92 Å². The number of nitrogens with zero attached hydrogens (tertiary/aromatic N) is 4. The molecule has 0 radical (unpaired) electrons. The minimum Gasteiger partial charge on any atom is -0.353 e. The van der Waals surface area contributed by atoms with Gasteiger partial charge >= 0.3 is 0 Å². The lowest BCUT2D eigenvalue weighted by Gasteiger charge is -2.10. The Balaban J connectivity index is 2.42. The molecule has 0 fully saturated rings. The molecular weight excluding hydrogens is 182 g/mol. The van der Waals surface area contributed by atoms with Crippen molar-refractivity contribution in [3.63, 3.8) is 0 Å². The van der Waals surface area contributed by atoms with E-state index in [0.717, 1.165) is 0 Å². The van der Waals surface area contributed by atoms with Crippen molar-refractivity contribution in [2.45, 2.75) is 19.4 Å². The van der Waals surface area contributed by atoms with Gasteiger partial charge in [0.25, 0.3) is 0 Å².